The van der Waals surface area contributed by atoms with Gasteiger partial charge < -0.3 is 4.57 Å². The Morgan fingerprint density at radius 1 is 0.333 bits per heavy atom. The van der Waals surface area contributed by atoms with Gasteiger partial charge in [0.15, 0.2) is 0 Å². The van der Waals surface area contributed by atoms with Crippen molar-refractivity contribution in [3.63, 3.8) is 0 Å². The van der Waals surface area contributed by atoms with Crippen LogP contribution in [0.1, 0.15) is 0 Å². The lowest BCUT2D eigenvalue weighted by atomic mass is 10.1. The van der Waals surface area contributed by atoms with Crippen LogP contribution in [0.4, 0.5) is 0 Å². The van der Waals surface area contributed by atoms with Gasteiger partial charge in [0.1, 0.15) is 0 Å². The van der Waals surface area contributed by atoms with E-state index >= 15 is 0 Å². The van der Waals surface area contributed by atoms with Gasteiger partial charge in [0.05, 0.1) is 84.6 Å². The molecule has 51 heavy (non-hydrogen) atoms. The zero-order valence-electron chi connectivity index (χ0n) is 27.1. The first-order chi connectivity index (χ1) is 25.3. The van der Waals surface area contributed by atoms with Crippen LogP contribution >= 0.6 is 0 Å². The fourth-order valence-electron chi connectivity index (χ4n) is 8.25. The molecule has 0 saturated heterocycles. The minimum atomic E-state index is 0.858. The summed E-state index contributed by atoms with van der Waals surface area (Å²) in [4.78, 5) is 15.1. The molecule has 238 valence electrons. The highest BCUT2D eigenvalue weighted by Gasteiger charge is 2.21. The average molecular weight is 655 g/mol. The second kappa shape index (κ2) is 9.71. The summed E-state index contributed by atoms with van der Waals surface area (Å²) in [6, 6.07) is 51.2. The highest BCUT2D eigenvalue weighted by atomic mass is 15.2. The third kappa shape index (κ3) is 3.50. The summed E-state index contributed by atoms with van der Waals surface area (Å²) in [6.45, 7) is 0. The Hall–Kier alpha value is -7.19. The molecule has 12 rings (SSSR count). The lowest BCUT2D eigenvalue weighted by Crippen LogP contribution is -2.01. The van der Waals surface area contributed by atoms with Crippen LogP contribution in [0.3, 0.4) is 0 Å². The zero-order valence-corrected chi connectivity index (χ0v) is 27.1. The summed E-state index contributed by atoms with van der Waals surface area (Å²) >= 11 is 0. The number of benzene rings is 6. The number of rotatable bonds is 3. The van der Waals surface area contributed by atoms with Crippen molar-refractivity contribution in [1.29, 1.82) is 0 Å². The van der Waals surface area contributed by atoms with E-state index in [1.165, 1.54) is 10.8 Å². The molecule has 0 amide bonds. The minimum Gasteiger partial charge on any atom is -0.308 e. The van der Waals surface area contributed by atoms with Crippen molar-refractivity contribution in [3.05, 3.63) is 158 Å². The maximum atomic E-state index is 5.14. The predicted octanol–water partition coefficient (Wildman–Crippen LogP) is 9.67. The Bertz CT molecular complexity index is 3390. The van der Waals surface area contributed by atoms with E-state index in [2.05, 4.69) is 156 Å². The molecule has 0 spiro atoms. The molecule has 6 heterocycles. The van der Waals surface area contributed by atoms with E-state index in [4.69, 9.17) is 15.0 Å². The van der Waals surface area contributed by atoms with Gasteiger partial charge in [-0.15, -0.1) is 0 Å². The van der Waals surface area contributed by atoms with E-state index in [9.17, 15) is 0 Å². The molecule has 0 fully saturated rings. The Morgan fingerprint density at radius 3 is 1.43 bits per heavy atom. The Morgan fingerprint density at radius 2 is 0.804 bits per heavy atom. The molecule has 0 atom stereocenters. The number of aromatic nitrogens is 8. The van der Waals surface area contributed by atoms with E-state index in [0.717, 1.165) is 83.8 Å². The molecule has 0 aliphatic carbocycles. The summed E-state index contributed by atoms with van der Waals surface area (Å²) < 4.78 is 11.3. The molecule has 6 aromatic carbocycles. The molecule has 0 N–H and O–H groups in total. The Labute approximate surface area is 289 Å². The second-order valence-electron chi connectivity index (χ2n) is 13.1. The van der Waals surface area contributed by atoms with Gasteiger partial charge in [-0.25, -0.2) is 9.97 Å². The lowest BCUT2D eigenvalue weighted by Gasteiger charge is -2.12. The number of para-hydroxylation sites is 9. The van der Waals surface area contributed by atoms with E-state index in [-0.39, 0.29) is 0 Å². The number of hydrogen-bond donors (Lipinski definition) is 0. The second-order valence-corrected chi connectivity index (χ2v) is 13.1. The standard InChI is InChI=1S/C43H26N8/c1-4-14-34-30(11-1)31-22-21-27(48-37-17-7-9-19-39(37)50-35-15-5-2-12-32(35)45-42(48)50)24-41(31)47(34)28-23-29(26-44-25-28)49-38-18-8-10-20-40(38)51-36-16-6-3-13-33(36)46-43(49)51/h1-26H. The van der Waals surface area contributed by atoms with Crippen LogP contribution in [0.25, 0.3) is 94.6 Å². The third-order valence-corrected chi connectivity index (χ3v) is 10.4. The number of pyridine rings is 1. The van der Waals surface area contributed by atoms with Crippen LogP contribution in [-0.2, 0) is 0 Å². The summed E-state index contributed by atoms with van der Waals surface area (Å²) in [5.74, 6) is 1.75. The van der Waals surface area contributed by atoms with Crippen molar-refractivity contribution in [2.24, 2.45) is 0 Å². The summed E-state index contributed by atoms with van der Waals surface area (Å²) in [7, 11) is 0. The Balaban J connectivity index is 1.13. The summed E-state index contributed by atoms with van der Waals surface area (Å²) in [5.41, 5.74) is 13.7. The molecule has 8 heteroatoms. The van der Waals surface area contributed by atoms with Gasteiger partial charge in [-0.1, -0.05) is 72.8 Å². The van der Waals surface area contributed by atoms with E-state index in [1.54, 1.807) is 0 Å². The fraction of sp³-hybridized carbons (Fsp3) is 0. The topological polar surface area (TPSA) is 62.3 Å². The van der Waals surface area contributed by atoms with Gasteiger partial charge >= 0.3 is 0 Å². The van der Waals surface area contributed by atoms with Gasteiger partial charge in [0.25, 0.3) is 0 Å². The van der Waals surface area contributed by atoms with Crippen molar-refractivity contribution in [3.8, 4) is 17.1 Å². The molecular formula is C43H26N8. The fourth-order valence-corrected chi connectivity index (χ4v) is 8.25. The first kappa shape index (κ1) is 26.7. The molecule has 0 saturated carbocycles. The average Bonchev–Trinajstić information content (AvgIpc) is 3.97. The van der Waals surface area contributed by atoms with Gasteiger partial charge in [-0.2, -0.15) is 0 Å². The highest BCUT2D eigenvalue weighted by molar-refractivity contribution is 6.10. The van der Waals surface area contributed by atoms with Crippen molar-refractivity contribution in [1.82, 2.24) is 37.5 Å². The van der Waals surface area contributed by atoms with Gasteiger partial charge in [0, 0.05) is 10.8 Å². The molecule has 8 nitrogen and oxygen atoms in total. The van der Waals surface area contributed by atoms with Crippen LogP contribution in [0.15, 0.2) is 158 Å². The van der Waals surface area contributed by atoms with Crippen LogP contribution in [-0.4, -0.2) is 37.5 Å². The monoisotopic (exact) mass is 654 g/mol. The van der Waals surface area contributed by atoms with Crippen molar-refractivity contribution in [2.75, 3.05) is 0 Å². The SMILES string of the molecule is c1ccc2c(c1)nc1n(-c3cncc(-n4c5ccccc5c5ccc(-n6c7ccccc7n7c8ccccc8nc67)cc54)c3)c3ccccc3n21. The lowest BCUT2D eigenvalue weighted by molar-refractivity contribution is 1.06. The van der Waals surface area contributed by atoms with E-state index in [0.29, 0.717) is 0 Å². The van der Waals surface area contributed by atoms with Crippen molar-refractivity contribution >= 4 is 77.5 Å². The molecule has 0 unspecified atom stereocenters. The van der Waals surface area contributed by atoms with Crippen LogP contribution in [0, 0.1) is 0 Å². The molecule has 0 radical (unpaired) electrons. The van der Waals surface area contributed by atoms with Crippen molar-refractivity contribution in [2.45, 2.75) is 0 Å². The molecule has 0 aliphatic heterocycles. The van der Waals surface area contributed by atoms with Crippen LogP contribution in [0.5, 0.6) is 0 Å². The minimum absolute atomic E-state index is 0.858. The first-order valence-corrected chi connectivity index (χ1v) is 17.0. The van der Waals surface area contributed by atoms with E-state index in [1.807, 2.05) is 24.5 Å². The molecule has 0 bridgehead atoms. The van der Waals surface area contributed by atoms with Gasteiger partial charge in [0.2, 0.25) is 11.6 Å². The zero-order chi connectivity index (χ0) is 33.2. The summed E-state index contributed by atoms with van der Waals surface area (Å²) in [6.07, 6.45) is 3.89. The Kier molecular flexibility index (Phi) is 5.09. The molecule has 6 aromatic heterocycles. The van der Waals surface area contributed by atoms with E-state index < -0.39 is 0 Å². The molecular weight excluding hydrogens is 629 g/mol. The largest absolute Gasteiger partial charge is 0.308 e. The number of nitrogens with zero attached hydrogens (tertiary/aromatic N) is 8. The van der Waals surface area contributed by atoms with Gasteiger partial charge in [-0.3, -0.25) is 22.9 Å². The van der Waals surface area contributed by atoms with Crippen molar-refractivity contribution < 1.29 is 0 Å². The molecule has 0 aliphatic rings. The number of fused-ring (bicyclic) bond motifs is 13. The highest BCUT2D eigenvalue weighted by Crippen LogP contribution is 2.37. The first-order valence-electron chi connectivity index (χ1n) is 17.0. The van der Waals surface area contributed by atoms with Crippen LogP contribution in [0.2, 0.25) is 0 Å². The van der Waals surface area contributed by atoms with Gasteiger partial charge in [-0.05, 0) is 72.8 Å². The number of imidazole rings is 4. The molecule has 12 aromatic rings. The number of hydrogen-bond acceptors (Lipinski definition) is 3. The summed E-state index contributed by atoms with van der Waals surface area (Å²) in [5, 5.41) is 2.36. The normalized spacial score (nSPS) is 12.3. The quantitative estimate of drug-likeness (QED) is 0.191. The smallest absolute Gasteiger partial charge is 0.220 e. The predicted molar refractivity (Wildman–Crippen MR) is 205 cm³/mol. The maximum Gasteiger partial charge on any atom is 0.220 e. The third-order valence-electron chi connectivity index (χ3n) is 10.4. The van der Waals surface area contributed by atoms with Crippen LogP contribution < -0.4 is 0 Å². The maximum absolute atomic E-state index is 5.14.